The van der Waals surface area contributed by atoms with Crippen molar-refractivity contribution >= 4 is 12.4 Å². The minimum absolute atomic E-state index is 0. The van der Waals surface area contributed by atoms with Crippen molar-refractivity contribution in [3.63, 3.8) is 0 Å². The molecule has 0 radical (unpaired) electrons. The first-order valence-electron chi connectivity index (χ1n) is 9.50. The smallest absolute Gasteiger partial charge is 0.337 e. The molecule has 162 valence electrons. The first kappa shape index (κ1) is 23.6. The molecule has 10 heteroatoms. The van der Waals surface area contributed by atoms with E-state index < -0.39 is 17.8 Å². The van der Waals surface area contributed by atoms with E-state index in [-0.39, 0.29) is 18.4 Å². The highest BCUT2D eigenvalue weighted by Gasteiger charge is 2.34. The van der Waals surface area contributed by atoms with Gasteiger partial charge >= 0.3 is 6.18 Å². The Morgan fingerprint density at radius 3 is 2.66 bits per heavy atom. The molecule has 1 aromatic carbocycles. The molecule has 0 saturated carbocycles. The molecular weight excluding hydrogens is 407 g/mol. The minimum atomic E-state index is -4.40. The second kappa shape index (κ2) is 9.88. The van der Waals surface area contributed by atoms with Gasteiger partial charge in [-0.05, 0) is 37.8 Å². The van der Waals surface area contributed by atoms with Gasteiger partial charge in [0, 0.05) is 19.6 Å². The molecule has 2 aromatic rings. The van der Waals surface area contributed by atoms with Crippen molar-refractivity contribution in [2.75, 3.05) is 39.8 Å². The molecule has 0 amide bonds. The fourth-order valence-electron chi connectivity index (χ4n) is 3.57. The Morgan fingerprint density at radius 2 is 2.03 bits per heavy atom. The van der Waals surface area contributed by atoms with Crippen molar-refractivity contribution in [3.05, 3.63) is 47.1 Å². The van der Waals surface area contributed by atoms with Crippen LogP contribution in [-0.4, -0.2) is 59.7 Å². The lowest BCUT2D eigenvalue weighted by Gasteiger charge is -2.30. The number of hydrogen-bond donors (Lipinski definition) is 1. The Balaban J connectivity index is 0.00000300. The number of aromatic nitrogens is 2. The monoisotopic (exact) mass is 433 g/mol. The number of nitrogens with zero attached hydrogens (tertiary/aromatic N) is 4. The van der Waals surface area contributed by atoms with E-state index in [4.69, 9.17) is 4.52 Å². The van der Waals surface area contributed by atoms with Gasteiger partial charge in [-0.2, -0.15) is 18.2 Å². The van der Waals surface area contributed by atoms with Gasteiger partial charge in [0.1, 0.15) is 6.04 Å². The third-order valence-electron chi connectivity index (χ3n) is 5.21. The molecule has 0 bridgehead atoms. The molecule has 1 N–H and O–H groups in total. The molecule has 2 atom stereocenters. The van der Waals surface area contributed by atoms with E-state index >= 15 is 0 Å². The molecule has 1 fully saturated rings. The summed E-state index contributed by atoms with van der Waals surface area (Å²) >= 11 is 0. The van der Waals surface area contributed by atoms with Crippen LogP contribution in [0.15, 0.2) is 28.8 Å². The molecular formula is C19H27ClF3N5O. The van der Waals surface area contributed by atoms with Gasteiger partial charge in [0.2, 0.25) is 5.89 Å². The lowest BCUT2D eigenvalue weighted by Crippen LogP contribution is -2.44. The summed E-state index contributed by atoms with van der Waals surface area (Å²) < 4.78 is 45.2. The fourth-order valence-corrected chi connectivity index (χ4v) is 3.57. The van der Waals surface area contributed by atoms with Crippen molar-refractivity contribution in [1.29, 1.82) is 0 Å². The van der Waals surface area contributed by atoms with Gasteiger partial charge in [-0.3, -0.25) is 9.80 Å². The van der Waals surface area contributed by atoms with Gasteiger partial charge in [-0.15, -0.1) is 12.4 Å². The maximum atomic E-state index is 13.2. The van der Waals surface area contributed by atoms with Crippen LogP contribution in [-0.2, 0) is 6.18 Å². The number of alkyl halides is 3. The maximum absolute atomic E-state index is 13.2. The standard InChI is InChI=1S/C19H26F3N5O.ClH/c1-4-27(5-2)16(13-7-6-8-14(11-13)19(20,21)22)18-24-17(25-28-18)15-12-23-9-10-26(15)3;/h6-8,11,15-16,23H,4-5,9-10,12H2,1-3H3;1H. The number of benzene rings is 1. The number of likely N-dealkylation sites (N-methyl/N-ethyl adjacent to an activating group) is 1. The van der Waals surface area contributed by atoms with Crippen LogP contribution in [0.25, 0.3) is 0 Å². The van der Waals surface area contributed by atoms with Gasteiger partial charge in [0.25, 0.3) is 0 Å². The highest BCUT2D eigenvalue weighted by molar-refractivity contribution is 5.85. The fraction of sp³-hybridized carbons (Fsp3) is 0.579. The average Bonchev–Trinajstić information content (AvgIpc) is 3.15. The Bertz CT molecular complexity index is 781. The summed E-state index contributed by atoms with van der Waals surface area (Å²) in [5, 5.41) is 7.45. The Labute approximate surface area is 174 Å². The quantitative estimate of drug-likeness (QED) is 0.752. The summed E-state index contributed by atoms with van der Waals surface area (Å²) in [6, 6.07) is 4.79. The largest absolute Gasteiger partial charge is 0.416 e. The van der Waals surface area contributed by atoms with E-state index in [1.54, 1.807) is 6.07 Å². The topological polar surface area (TPSA) is 57.4 Å². The van der Waals surface area contributed by atoms with Crippen LogP contribution < -0.4 is 5.32 Å². The Morgan fingerprint density at radius 1 is 1.31 bits per heavy atom. The maximum Gasteiger partial charge on any atom is 0.416 e. The molecule has 6 nitrogen and oxygen atoms in total. The van der Waals surface area contributed by atoms with Crippen LogP contribution in [0.5, 0.6) is 0 Å². The van der Waals surface area contributed by atoms with E-state index in [1.807, 2.05) is 25.8 Å². The van der Waals surface area contributed by atoms with Crippen LogP contribution in [0.2, 0.25) is 0 Å². The third-order valence-corrected chi connectivity index (χ3v) is 5.21. The van der Waals surface area contributed by atoms with Crippen LogP contribution in [0, 0.1) is 0 Å². The van der Waals surface area contributed by atoms with Crippen molar-refractivity contribution < 1.29 is 17.7 Å². The first-order chi connectivity index (χ1) is 13.3. The van der Waals surface area contributed by atoms with Gasteiger partial charge < -0.3 is 9.84 Å². The summed E-state index contributed by atoms with van der Waals surface area (Å²) in [6.45, 7) is 7.65. The number of hydrogen-bond acceptors (Lipinski definition) is 6. The van der Waals surface area contributed by atoms with Crippen LogP contribution in [0.1, 0.15) is 48.8 Å². The van der Waals surface area contributed by atoms with E-state index in [0.717, 1.165) is 19.2 Å². The predicted octanol–water partition coefficient (Wildman–Crippen LogP) is 3.52. The first-order valence-corrected chi connectivity index (χ1v) is 9.50. The molecule has 1 aromatic heterocycles. The molecule has 3 rings (SSSR count). The summed E-state index contributed by atoms with van der Waals surface area (Å²) in [4.78, 5) is 8.74. The van der Waals surface area contributed by atoms with Crippen molar-refractivity contribution in [1.82, 2.24) is 25.3 Å². The zero-order valence-electron chi connectivity index (χ0n) is 16.7. The number of piperazine rings is 1. The lowest BCUT2D eigenvalue weighted by atomic mass is 10.0. The predicted molar refractivity (Wildman–Crippen MR) is 106 cm³/mol. The number of halogens is 4. The van der Waals surface area contributed by atoms with Gasteiger partial charge in [0.15, 0.2) is 5.82 Å². The molecule has 0 spiro atoms. The van der Waals surface area contributed by atoms with E-state index in [0.29, 0.717) is 36.9 Å². The van der Waals surface area contributed by atoms with E-state index in [1.165, 1.54) is 12.1 Å². The highest BCUT2D eigenvalue weighted by Crippen LogP contribution is 2.34. The SMILES string of the molecule is CCN(CC)C(c1cccc(C(F)(F)F)c1)c1nc(C2CNCCN2C)no1.Cl. The second-order valence-corrected chi connectivity index (χ2v) is 6.94. The van der Waals surface area contributed by atoms with Gasteiger partial charge in [-0.1, -0.05) is 31.1 Å². The molecule has 1 saturated heterocycles. The Hall–Kier alpha value is -1.68. The number of rotatable bonds is 6. The minimum Gasteiger partial charge on any atom is -0.337 e. The molecule has 2 unspecified atom stereocenters. The average molecular weight is 434 g/mol. The summed E-state index contributed by atoms with van der Waals surface area (Å²) in [5.41, 5.74) is -0.193. The van der Waals surface area contributed by atoms with E-state index in [9.17, 15) is 13.2 Å². The summed E-state index contributed by atoms with van der Waals surface area (Å²) in [7, 11) is 2.00. The second-order valence-electron chi connectivity index (χ2n) is 6.94. The van der Waals surface area contributed by atoms with Crippen molar-refractivity contribution in [3.8, 4) is 0 Å². The molecule has 2 heterocycles. The normalized spacial score (nSPS) is 19.2. The van der Waals surface area contributed by atoms with Gasteiger partial charge in [0.05, 0.1) is 11.6 Å². The van der Waals surface area contributed by atoms with Crippen molar-refractivity contribution in [2.24, 2.45) is 0 Å². The zero-order chi connectivity index (χ0) is 20.3. The third kappa shape index (κ3) is 5.28. The van der Waals surface area contributed by atoms with Crippen LogP contribution in [0.3, 0.4) is 0 Å². The van der Waals surface area contributed by atoms with Crippen LogP contribution >= 0.6 is 12.4 Å². The summed E-state index contributed by atoms with van der Waals surface area (Å²) in [6.07, 6.45) is -4.40. The van der Waals surface area contributed by atoms with E-state index in [2.05, 4.69) is 20.4 Å². The summed E-state index contributed by atoms with van der Waals surface area (Å²) in [5.74, 6) is 0.867. The lowest BCUT2D eigenvalue weighted by molar-refractivity contribution is -0.137. The molecule has 1 aliphatic rings. The molecule has 29 heavy (non-hydrogen) atoms. The number of nitrogens with one attached hydrogen (secondary N) is 1. The molecule has 1 aliphatic heterocycles. The van der Waals surface area contributed by atoms with Gasteiger partial charge in [-0.25, -0.2) is 0 Å². The highest BCUT2D eigenvalue weighted by atomic mass is 35.5. The zero-order valence-corrected chi connectivity index (χ0v) is 17.6. The molecule has 0 aliphatic carbocycles. The van der Waals surface area contributed by atoms with Crippen LogP contribution in [0.4, 0.5) is 13.2 Å². The Kier molecular flexibility index (Phi) is 8.04. The van der Waals surface area contributed by atoms with Crippen molar-refractivity contribution in [2.45, 2.75) is 32.1 Å².